The first-order valence-electron chi connectivity index (χ1n) is 19.1. The number of rotatable bonds is 1. The van der Waals surface area contributed by atoms with E-state index in [9.17, 15) is 17.4 Å². The number of hydrogen-bond acceptors (Lipinski definition) is 10. The average Bonchev–Trinajstić information content (AvgIpc) is 3.90. The summed E-state index contributed by atoms with van der Waals surface area (Å²) in [6, 6.07) is 0. The molecule has 8 bridgehead atoms. The fraction of sp³-hybridized carbons (Fsp3) is 1.00. The van der Waals surface area contributed by atoms with Gasteiger partial charge in [0, 0.05) is 60.9 Å². The van der Waals surface area contributed by atoms with Crippen LogP contribution in [-0.2, 0) is 29.6 Å². The van der Waals surface area contributed by atoms with Crippen molar-refractivity contribution >= 4 is 10.1 Å². The second-order valence-electron chi connectivity index (χ2n) is 17.2. The molecular formula is C32H44F12N8O3SZn. The molecular weight excluding hydrogens is 870 g/mol. The van der Waals surface area contributed by atoms with Gasteiger partial charge in [-0.25, -0.2) is 52.7 Å². The van der Waals surface area contributed by atoms with Crippen molar-refractivity contribution in [3.05, 3.63) is 0 Å². The van der Waals surface area contributed by atoms with Gasteiger partial charge in [0.1, 0.15) is 37.0 Å². The van der Waals surface area contributed by atoms with Crippen LogP contribution in [0, 0.1) is 47.3 Å². The summed E-state index contributed by atoms with van der Waals surface area (Å²) >= 11 is 0. The van der Waals surface area contributed by atoms with Crippen LogP contribution in [0.4, 0.5) is 52.7 Å². The summed E-state index contributed by atoms with van der Waals surface area (Å²) in [5, 5.41) is 21.4. The van der Waals surface area contributed by atoms with Crippen LogP contribution < -0.4 is 42.5 Å². The summed E-state index contributed by atoms with van der Waals surface area (Å²) in [4.78, 5) is 0. The van der Waals surface area contributed by atoms with Crippen molar-refractivity contribution in [2.24, 2.45) is 47.3 Å². The summed E-state index contributed by atoms with van der Waals surface area (Å²) in [5.41, 5.74) is 0. The molecule has 0 aromatic heterocycles. The van der Waals surface area contributed by atoms with E-state index in [2.05, 4.69) is 42.5 Å². The number of hydrogen-bond donors (Lipinski definition) is 9. The third-order valence-corrected chi connectivity index (χ3v) is 15.9. The van der Waals surface area contributed by atoms with Gasteiger partial charge in [0.25, 0.3) is 10.1 Å². The van der Waals surface area contributed by atoms with Gasteiger partial charge < -0.3 is 0 Å². The molecule has 5 aliphatic heterocycles. The molecule has 9 fully saturated rings. The van der Waals surface area contributed by atoms with Crippen LogP contribution in [0.2, 0.25) is 0 Å². The van der Waals surface area contributed by atoms with Gasteiger partial charge >= 0.3 is 0 Å². The van der Waals surface area contributed by atoms with Crippen LogP contribution in [0.5, 0.6) is 0 Å². The zero-order valence-corrected chi connectivity index (χ0v) is 33.6. The first kappa shape index (κ1) is 43.0. The van der Waals surface area contributed by atoms with E-state index >= 15 is 48.3 Å². The van der Waals surface area contributed by atoms with E-state index in [0.717, 1.165) is 0 Å². The van der Waals surface area contributed by atoms with Gasteiger partial charge in [0.15, 0.2) is 37.0 Å². The topological polar surface area (TPSA) is 151 Å². The Bertz CT molecular complexity index is 1620. The Kier molecular flexibility index (Phi) is 11.6. The maximum atomic E-state index is 15.9. The maximum absolute atomic E-state index is 15.9. The van der Waals surface area contributed by atoms with Gasteiger partial charge in [-0.2, -0.15) is 8.42 Å². The molecule has 0 aromatic rings. The Morgan fingerprint density at radius 3 is 0.825 bits per heavy atom. The minimum atomic E-state index is -4.81. The minimum absolute atomic E-state index is 0. The average molecular weight is 914 g/mol. The van der Waals surface area contributed by atoms with E-state index < -0.39 is 186 Å². The van der Waals surface area contributed by atoms with Crippen LogP contribution in [0.3, 0.4) is 0 Å². The van der Waals surface area contributed by atoms with Gasteiger partial charge in [-0.05, 0) is 18.8 Å². The zero-order valence-electron chi connectivity index (χ0n) is 29.8. The maximum Gasteiger partial charge on any atom is 0.268 e. The van der Waals surface area contributed by atoms with E-state index in [4.69, 9.17) is 0 Å². The van der Waals surface area contributed by atoms with Crippen molar-refractivity contribution < 1.29 is 85.1 Å². The second-order valence-corrected chi connectivity index (χ2v) is 18.8. The van der Waals surface area contributed by atoms with Crippen LogP contribution in [0.25, 0.3) is 0 Å². The Labute approximate surface area is 332 Å². The largest absolute Gasteiger partial charge is 0.286 e. The van der Waals surface area contributed by atoms with Crippen LogP contribution in [0.15, 0.2) is 0 Å². The second kappa shape index (κ2) is 15.3. The summed E-state index contributed by atoms with van der Waals surface area (Å²) < 4.78 is 221. The van der Waals surface area contributed by atoms with E-state index in [0.29, 0.717) is 0 Å². The molecule has 4 saturated carbocycles. The van der Waals surface area contributed by atoms with Crippen molar-refractivity contribution in [3.63, 3.8) is 0 Å². The smallest absolute Gasteiger partial charge is 0.268 e. The molecule has 0 radical (unpaired) electrons. The van der Waals surface area contributed by atoms with E-state index in [1.807, 2.05) is 0 Å². The SMILES string of the molecule is O=S(=O)(O)C1CCCC2C3NC4NC(NC5NC(NC6NC(NC(N3)C21)C1C(F)C(F)C(F)C(F)C61)C1C(F)C(F)C(F)C(F)C51)C1C(F)C(F)C(F)C(F)C41.[Zn]. The molecule has 11 nitrogen and oxygen atoms in total. The van der Waals surface area contributed by atoms with Crippen molar-refractivity contribution in [1.82, 2.24) is 42.5 Å². The predicted octanol–water partition coefficient (Wildman–Crippen LogP) is 0.845. The summed E-state index contributed by atoms with van der Waals surface area (Å²) in [5.74, 6) is -12.5. The molecule has 9 aliphatic rings. The number of fused-ring (bicyclic) bond motifs is 20. The molecule has 322 valence electrons. The Hall–Kier alpha value is -0.627. The fourth-order valence-electron chi connectivity index (χ4n) is 12.2. The first-order chi connectivity index (χ1) is 26.4. The monoisotopic (exact) mass is 912 g/mol. The molecule has 25 heteroatoms. The van der Waals surface area contributed by atoms with Crippen LogP contribution in [0.1, 0.15) is 19.3 Å². The minimum Gasteiger partial charge on any atom is -0.286 e. The van der Waals surface area contributed by atoms with Crippen molar-refractivity contribution in [2.75, 3.05) is 0 Å². The molecule has 29 atom stereocenters. The molecule has 4 aliphatic carbocycles. The van der Waals surface area contributed by atoms with Crippen molar-refractivity contribution in [3.8, 4) is 0 Å². The Balaban J connectivity index is 0.00000455. The summed E-state index contributed by atoms with van der Waals surface area (Å²) in [6.07, 6.45) is -45.4. The standard InChI is InChI=1S/C32H44F12N8O3S.Zn/c33-13-7-8(14(34)20(40)19(13)39)29-48-27(7)46-25-4-2-1-3-5(56(53,54)55)6(4)26(45-25)47-28-9-10(16(36)22(42)21(41)15(9)35)30(49-28)51-32-12-11(31(50-29)52-32)17(37)23(43)24(44)18(12)38;/h4-32,45-52H,1-3H2,(H,53,54,55);. The van der Waals surface area contributed by atoms with E-state index in [1.165, 1.54) is 0 Å². The molecule has 57 heavy (non-hydrogen) atoms. The predicted molar refractivity (Wildman–Crippen MR) is 171 cm³/mol. The van der Waals surface area contributed by atoms with Gasteiger partial charge in [-0.15, -0.1) is 0 Å². The number of halogens is 12. The Morgan fingerprint density at radius 1 is 0.351 bits per heavy atom. The summed E-state index contributed by atoms with van der Waals surface area (Å²) in [6.45, 7) is 0. The normalized spacial score (nSPS) is 61.2. The molecule has 9 rings (SSSR count). The van der Waals surface area contributed by atoms with Crippen molar-refractivity contribution in [1.29, 1.82) is 0 Å². The summed E-state index contributed by atoms with van der Waals surface area (Å²) in [7, 11) is -4.81. The quantitative estimate of drug-likeness (QED) is 0.105. The first-order valence-corrected chi connectivity index (χ1v) is 20.6. The van der Waals surface area contributed by atoms with Crippen molar-refractivity contribution in [2.45, 2.75) is 148 Å². The molecule has 0 amide bonds. The molecule has 29 unspecified atom stereocenters. The van der Waals surface area contributed by atoms with E-state index in [-0.39, 0.29) is 38.7 Å². The fourth-order valence-corrected chi connectivity index (χ4v) is 13.4. The van der Waals surface area contributed by atoms with E-state index in [1.54, 1.807) is 0 Å². The van der Waals surface area contributed by atoms with Crippen LogP contribution in [-0.4, -0.2) is 142 Å². The van der Waals surface area contributed by atoms with Gasteiger partial charge in [0.2, 0.25) is 0 Å². The molecule has 0 spiro atoms. The number of alkyl halides is 12. The van der Waals surface area contributed by atoms with Gasteiger partial charge in [0.05, 0.1) is 54.6 Å². The third-order valence-electron chi connectivity index (χ3n) is 14.6. The molecule has 5 heterocycles. The molecule has 0 aromatic carbocycles. The molecule has 5 saturated heterocycles. The zero-order chi connectivity index (χ0) is 40.0. The van der Waals surface area contributed by atoms with Gasteiger partial charge in [-0.3, -0.25) is 47.1 Å². The van der Waals surface area contributed by atoms with Crippen LogP contribution >= 0.6 is 0 Å². The third kappa shape index (κ3) is 6.53. The molecule has 9 N–H and O–H groups in total. The number of nitrogens with one attached hydrogen (secondary N) is 8. The van der Waals surface area contributed by atoms with Gasteiger partial charge in [-0.1, -0.05) is 6.42 Å². The Morgan fingerprint density at radius 2 is 0.579 bits per heavy atom.